The lowest BCUT2D eigenvalue weighted by Gasteiger charge is -2.08. The van der Waals surface area contributed by atoms with Gasteiger partial charge in [-0.1, -0.05) is 18.2 Å². The van der Waals surface area contributed by atoms with Gasteiger partial charge in [-0.05, 0) is 48.0 Å². The summed E-state index contributed by atoms with van der Waals surface area (Å²) in [7, 11) is 1.61. The number of aromatic nitrogens is 1. The Bertz CT molecular complexity index is 961. The fourth-order valence-corrected chi connectivity index (χ4v) is 2.45. The van der Waals surface area contributed by atoms with Crippen LogP contribution in [0.3, 0.4) is 0 Å². The average Bonchev–Trinajstić information content (AvgIpc) is 2.73. The van der Waals surface area contributed by atoms with Gasteiger partial charge >= 0.3 is 0 Å². The zero-order chi connectivity index (χ0) is 19.1. The van der Waals surface area contributed by atoms with Gasteiger partial charge in [-0.3, -0.25) is 4.79 Å². The molecule has 0 radical (unpaired) electrons. The summed E-state index contributed by atoms with van der Waals surface area (Å²) in [5.74, 6) is 0.527. The molecule has 0 saturated heterocycles. The third-order valence-electron chi connectivity index (χ3n) is 3.89. The number of nitrogens with one attached hydrogen (secondary N) is 2. The Hall–Kier alpha value is -3.85. The van der Waals surface area contributed by atoms with Crippen LogP contribution < -0.4 is 15.4 Å². The summed E-state index contributed by atoms with van der Waals surface area (Å²) in [5, 5.41) is 14.9. The van der Waals surface area contributed by atoms with Crippen molar-refractivity contribution < 1.29 is 9.53 Å². The van der Waals surface area contributed by atoms with Crippen molar-refractivity contribution in [3.63, 3.8) is 0 Å². The smallest absolute Gasteiger partial charge is 0.270 e. The van der Waals surface area contributed by atoms with Gasteiger partial charge < -0.3 is 15.4 Å². The highest BCUT2D eigenvalue weighted by Gasteiger charge is 2.07. The number of benzene rings is 2. The minimum absolute atomic E-state index is 0.246. The predicted molar refractivity (Wildman–Crippen MR) is 103 cm³/mol. The standard InChI is InChI=1S/C21H18N4O2/c1-27-19-8-5-15(6-9-19)13-24-21(26)20-10-7-18(14-23-20)25-17-4-2-3-16(11-17)12-22/h2-11,14,25H,13H2,1H3,(H,24,26). The molecular weight excluding hydrogens is 340 g/mol. The minimum Gasteiger partial charge on any atom is -0.497 e. The van der Waals surface area contributed by atoms with Crippen LogP contribution in [0.1, 0.15) is 21.6 Å². The Morgan fingerprint density at radius 2 is 1.93 bits per heavy atom. The number of ether oxygens (including phenoxy) is 1. The molecule has 0 aliphatic rings. The maximum Gasteiger partial charge on any atom is 0.270 e. The Kier molecular flexibility index (Phi) is 5.65. The average molecular weight is 358 g/mol. The van der Waals surface area contributed by atoms with Crippen LogP contribution in [0.4, 0.5) is 11.4 Å². The largest absolute Gasteiger partial charge is 0.497 e. The van der Waals surface area contributed by atoms with E-state index in [-0.39, 0.29) is 5.91 Å². The van der Waals surface area contributed by atoms with Gasteiger partial charge in [0.2, 0.25) is 0 Å². The number of hydrogen-bond acceptors (Lipinski definition) is 5. The first kappa shape index (κ1) is 18.0. The summed E-state index contributed by atoms with van der Waals surface area (Å²) in [4.78, 5) is 16.4. The Labute approximate surface area is 157 Å². The molecule has 3 rings (SSSR count). The van der Waals surface area contributed by atoms with Crippen molar-refractivity contribution in [3.05, 3.63) is 83.7 Å². The monoisotopic (exact) mass is 358 g/mol. The first-order chi connectivity index (χ1) is 13.2. The number of pyridine rings is 1. The van der Waals surface area contributed by atoms with Gasteiger partial charge in [0.05, 0.1) is 30.6 Å². The van der Waals surface area contributed by atoms with Crippen molar-refractivity contribution in [2.75, 3.05) is 12.4 Å². The van der Waals surface area contributed by atoms with E-state index in [2.05, 4.69) is 21.7 Å². The Morgan fingerprint density at radius 1 is 1.11 bits per heavy atom. The van der Waals surface area contributed by atoms with E-state index >= 15 is 0 Å². The summed E-state index contributed by atoms with van der Waals surface area (Å²) < 4.78 is 5.11. The molecule has 2 aromatic carbocycles. The molecule has 6 heteroatoms. The van der Waals surface area contributed by atoms with Gasteiger partial charge in [-0.2, -0.15) is 5.26 Å². The highest BCUT2D eigenvalue weighted by atomic mass is 16.5. The second kappa shape index (κ2) is 8.50. The van der Waals surface area contributed by atoms with Crippen molar-refractivity contribution in [2.24, 2.45) is 0 Å². The first-order valence-electron chi connectivity index (χ1n) is 8.32. The summed E-state index contributed by atoms with van der Waals surface area (Å²) in [6.07, 6.45) is 1.58. The summed E-state index contributed by atoms with van der Waals surface area (Å²) >= 11 is 0. The van der Waals surface area contributed by atoms with Crippen LogP contribution in [0, 0.1) is 11.3 Å². The number of carbonyl (C=O) groups is 1. The van der Waals surface area contributed by atoms with Gasteiger partial charge in [0.25, 0.3) is 5.91 Å². The van der Waals surface area contributed by atoms with Crippen molar-refractivity contribution in [2.45, 2.75) is 6.54 Å². The second-order valence-corrected chi connectivity index (χ2v) is 5.78. The predicted octanol–water partition coefficient (Wildman–Crippen LogP) is 3.64. The van der Waals surface area contributed by atoms with Crippen molar-refractivity contribution in [3.8, 4) is 11.8 Å². The first-order valence-corrected chi connectivity index (χ1v) is 8.32. The third-order valence-corrected chi connectivity index (χ3v) is 3.89. The zero-order valence-electron chi connectivity index (χ0n) is 14.8. The second-order valence-electron chi connectivity index (χ2n) is 5.78. The molecule has 0 spiro atoms. The normalized spacial score (nSPS) is 9.93. The van der Waals surface area contributed by atoms with Crippen LogP contribution in [0.5, 0.6) is 5.75 Å². The molecule has 134 valence electrons. The number of anilines is 2. The molecule has 0 aliphatic heterocycles. The van der Waals surface area contributed by atoms with Gasteiger partial charge in [0.1, 0.15) is 11.4 Å². The fraction of sp³-hybridized carbons (Fsp3) is 0.0952. The van der Waals surface area contributed by atoms with E-state index in [1.807, 2.05) is 30.3 Å². The number of carbonyl (C=O) groups excluding carboxylic acids is 1. The van der Waals surface area contributed by atoms with E-state index < -0.39 is 0 Å². The molecule has 1 aromatic heterocycles. The van der Waals surface area contributed by atoms with Crippen LogP contribution in [0.15, 0.2) is 66.9 Å². The SMILES string of the molecule is COc1ccc(CNC(=O)c2ccc(Nc3cccc(C#N)c3)cn2)cc1. The van der Waals surface area contributed by atoms with Gasteiger partial charge in [0, 0.05) is 12.2 Å². The lowest BCUT2D eigenvalue weighted by atomic mass is 10.2. The summed E-state index contributed by atoms with van der Waals surface area (Å²) in [6, 6.07) is 20.2. The van der Waals surface area contributed by atoms with Crippen LogP contribution >= 0.6 is 0 Å². The third kappa shape index (κ3) is 4.83. The molecule has 0 bridgehead atoms. The molecule has 0 aliphatic carbocycles. The van der Waals surface area contributed by atoms with Crippen LogP contribution in [-0.2, 0) is 6.54 Å². The molecule has 2 N–H and O–H groups in total. The number of nitrogens with zero attached hydrogens (tertiary/aromatic N) is 2. The van der Waals surface area contributed by atoms with Crippen molar-refractivity contribution >= 4 is 17.3 Å². The summed E-state index contributed by atoms with van der Waals surface area (Å²) in [6.45, 7) is 0.408. The van der Waals surface area contributed by atoms with E-state index in [1.54, 1.807) is 43.6 Å². The molecule has 0 atom stereocenters. The topological polar surface area (TPSA) is 87.0 Å². The maximum absolute atomic E-state index is 12.2. The van der Waals surface area contributed by atoms with Gasteiger partial charge in [-0.25, -0.2) is 4.98 Å². The molecule has 27 heavy (non-hydrogen) atoms. The summed E-state index contributed by atoms with van der Waals surface area (Å²) in [5.41, 5.74) is 3.39. The molecule has 6 nitrogen and oxygen atoms in total. The fourth-order valence-electron chi connectivity index (χ4n) is 2.45. The maximum atomic E-state index is 12.2. The number of hydrogen-bond donors (Lipinski definition) is 2. The van der Waals surface area contributed by atoms with Crippen LogP contribution in [0.2, 0.25) is 0 Å². The van der Waals surface area contributed by atoms with Gasteiger partial charge in [0.15, 0.2) is 0 Å². The number of nitriles is 1. The molecule has 1 heterocycles. The lowest BCUT2D eigenvalue weighted by Crippen LogP contribution is -2.23. The van der Waals surface area contributed by atoms with Crippen molar-refractivity contribution in [1.82, 2.24) is 10.3 Å². The van der Waals surface area contributed by atoms with Gasteiger partial charge in [-0.15, -0.1) is 0 Å². The number of amides is 1. The highest BCUT2D eigenvalue weighted by Crippen LogP contribution is 2.17. The number of methoxy groups -OCH3 is 1. The molecule has 3 aromatic rings. The minimum atomic E-state index is -0.246. The number of rotatable bonds is 6. The van der Waals surface area contributed by atoms with E-state index in [0.717, 1.165) is 22.7 Å². The zero-order valence-corrected chi connectivity index (χ0v) is 14.8. The van der Waals surface area contributed by atoms with E-state index in [9.17, 15) is 4.79 Å². The lowest BCUT2D eigenvalue weighted by molar-refractivity contribution is 0.0946. The quantitative estimate of drug-likeness (QED) is 0.702. The van der Waals surface area contributed by atoms with Crippen molar-refractivity contribution in [1.29, 1.82) is 5.26 Å². The van der Waals surface area contributed by atoms with E-state index in [4.69, 9.17) is 10.00 Å². The van der Waals surface area contributed by atoms with Crippen LogP contribution in [0.25, 0.3) is 0 Å². The molecule has 0 unspecified atom stereocenters. The van der Waals surface area contributed by atoms with Crippen LogP contribution in [-0.4, -0.2) is 18.0 Å². The molecule has 0 fully saturated rings. The molecular formula is C21H18N4O2. The Morgan fingerprint density at radius 3 is 2.59 bits per heavy atom. The molecule has 0 saturated carbocycles. The van der Waals surface area contributed by atoms with E-state index in [1.165, 1.54) is 0 Å². The highest BCUT2D eigenvalue weighted by molar-refractivity contribution is 5.92. The van der Waals surface area contributed by atoms with E-state index in [0.29, 0.717) is 17.8 Å². The molecule has 1 amide bonds. The Balaban J connectivity index is 1.58.